The topological polar surface area (TPSA) is 140 Å². The standard InChI is InChI=1S/C29H36O9/c1-15-11-12-29(35)24(37-25(34)17-9-7-6-8-10-17)22-27(5,23(33)21(32)20(15)26(29,3)4)18(31)13-19-28(22,14-36-19)38-16(2)30/h6-10,18-19,21-22,24,31-32,35H,11-14H2,1-5H3/t18-,19?,21+,22-,24-,27+,28-,29+/m0/s1. The van der Waals surface area contributed by atoms with E-state index in [-0.39, 0.29) is 25.0 Å². The Morgan fingerprint density at radius 1 is 1.11 bits per heavy atom. The summed E-state index contributed by atoms with van der Waals surface area (Å²) in [6.45, 7) is 7.89. The van der Waals surface area contributed by atoms with Crippen molar-refractivity contribution in [3.05, 3.63) is 47.0 Å². The van der Waals surface area contributed by atoms with Gasteiger partial charge in [-0.05, 0) is 44.4 Å². The van der Waals surface area contributed by atoms with Crippen molar-refractivity contribution in [1.82, 2.24) is 0 Å². The van der Waals surface area contributed by atoms with E-state index in [9.17, 15) is 29.7 Å². The molecule has 3 aliphatic carbocycles. The normalized spacial score (nSPS) is 41.6. The third-order valence-corrected chi connectivity index (χ3v) is 9.86. The number of carbonyl (C=O) groups is 3. The number of rotatable bonds is 3. The minimum Gasteiger partial charge on any atom is -0.455 e. The van der Waals surface area contributed by atoms with Crippen molar-refractivity contribution in [2.75, 3.05) is 6.61 Å². The summed E-state index contributed by atoms with van der Waals surface area (Å²) < 4.78 is 17.8. The molecule has 1 saturated heterocycles. The highest BCUT2D eigenvalue weighted by atomic mass is 16.6. The SMILES string of the molecule is CC(=O)O[C@@]12COC1C[C@H](O)[C@@]1(C)C(=O)[C@H](O)C3=C(C)CC[C@@](O)([C@@H](OC(=O)c4ccccc4)[C@@H]12)C3(C)C. The number of allylic oxidation sites excluding steroid dienone is 1. The highest BCUT2D eigenvalue weighted by Crippen LogP contribution is 2.63. The van der Waals surface area contributed by atoms with Gasteiger partial charge >= 0.3 is 11.9 Å². The van der Waals surface area contributed by atoms with Crippen LogP contribution in [0.3, 0.4) is 0 Å². The van der Waals surface area contributed by atoms with E-state index < -0.39 is 70.1 Å². The summed E-state index contributed by atoms with van der Waals surface area (Å²) in [5, 5.41) is 35.6. The number of Topliss-reactive ketones (excluding diaryl/α,β-unsaturated/α-hetero) is 1. The minimum absolute atomic E-state index is 0.0298. The maximum Gasteiger partial charge on any atom is 0.338 e. The molecule has 8 atom stereocenters. The third kappa shape index (κ3) is 3.41. The van der Waals surface area contributed by atoms with Crippen LogP contribution in [0.25, 0.3) is 0 Å². The molecule has 38 heavy (non-hydrogen) atoms. The number of fused-ring (bicyclic) bond motifs is 5. The number of esters is 2. The van der Waals surface area contributed by atoms with Crippen molar-refractivity contribution in [1.29, 1.82) is 0 Å². The Bertz CT molecular complexity index is 1210. The molecule has 0 spiro atoms. The average Bonchev–Trinajstić information content (AvgIpc) is 2.85. The molecule has 9 heteroatoms. The molecule has 1 aliphatic heterocycles. The number of hydrogen-bond donors (Lipinski definition) is 3. The Balaban J connectivity index is 1.79. The molecule has 5 rings (SSSR count). The second kappa shape index (κ2) is 8.71. The van der Waals surface area contributed by atoms with Gasteiger partial charge in [0, 0.05) is 18.8 Å². The molecule has 4 aliphatic rings. The van der Waals surface area contributed by atoms with Gasteiger partial charge in [-0.3, -0.25) is 9.59 Å². The van der Waals surface area contributed by atoms with Gasteiger partial charge in [-0.1, -0.05) is 37.6 Å². The summed E-state index contributed by atoms with van der Waals surface area (Å²) in [4.78, 5) is 40.2. The molecule has 1 aromatic rings. The highest BCUT2D eigenvalue weighted by molar-refractivity contribution is 5.94. The molecule has 2 saturated carbocycles. The second-order valence-corrected chi connectivity index (χ2v) is 12.1. The molecule has 3 N–H and O–H groups in total. The molecule has 0 radical (unpaired) electrons. The van der Waals surface area contributed by atoms with Crippen LogP contribution in [0.5, 0.6) is 0 Å². The molecule has 2 bridgehead atoms. The zero-order valence-electron chi connectivity index (χ0n) is 22.4. The van der Waals surface area contributed by atoms with Gasteiger partial charge in [0.1, 0.15) is 23.9 Å². The van der Waals surface area contributed by atoms with Crippen molar-refractivity contribution < 1.29 is 43.9 Å². The molecular weight excluding hydrogens is 492 g/mol. The van der Waals surface area contributed by atoms with Crippen LogP contribution in [-0.4, -0.2) is 75.3 Å². The molecule has 206 valence electrons. The molecule has 0 amide bonds. The lowest BCUT2D eigenvalue weighted by atomic mass is 9.45. The number of ketones is 1. The molecule has 1 heterocycles. The van der Waals surface area contributed by atoms with E-state index in [0.29, 0.717) is 12.0 Å². The van der Waals surface area contributed by atoms with Crippen LogP contribution >= 0.6 is 0 Å². The second-order valence-electron chi connectivity index (χ2n) is 12.1. The third-order valence-electron chi connectivity index (χ3n) is 9.86. The predicted molar refractivity (Wildman–Crippen MR) is 134 cm³/mol. The lowest BCUT2D eigenvalue weighted by Gasteiger charge is -2.67. The van der Waals surface area contributed by atoms with Crippen LogP contribution in [0.15, 0.2) is 41.5 Å². The van der Waals surface area contributed by atoms with Crippen molar-refractivity contribution in [3.8, 4) is 0 Å². The fourth-order valence-electron chi connectivity index (χ4n) is 7.69. The lowest BCUT2D eigenvalue weighted by Crippen LogP contribution is -2.81. The fraction of sp³-hybridized carbons (Fsp3) is 0.621. The first kappa shape index (κ1) is 27.0. The van der Waals surface area contributed by atoms with Crippen LogP contribution < -0.4 is 0 Å². The van der Waals surface area contributed by atoms with Crippen LogP contribution in [0.2, 0.25) is 0 Å². The van der Waals surface area contributed by atoms with Gasteiger partial charge in [0.25, 0.3) is 0 Å². The van der Waals surface area contributed by atoms with Gasteiger partial charge in [0.15, 0.2) is 11.4 Å². The van der Waals surface area contributed by atoms with E-state index in [1.54, 1.807) is 44.2 Å². The summed E-state index contributed by atoms with van der Waals surface area (Å²) in [5.41, 5.74) is -4.85. The van der Waals surface area contributed by atoms with E-state index >= 15 is 0 Å². The monoisotopic (exact) mass is 528 g/mol. The molecule has 1 unspecified atom stereocenters. The molecule has 1 aromatic carbocycles. The summed E-state index contributed by atoms with van der Waals surface area (Å²) in [7, 11) is 0. The Labute approximate surface area is 221 Å². The highest BCUT2D eigenvalue weighted by Gasteiger charge is 2.77. The van der Waals surface area contributed by atoms with Gasteiger partial charge in [-0.2, -0.15) is 0 Å². The quantitative estimate of drug-likeness (QED) is 0.398. The summed E-state index contributed by atoms with van der Waals surface area (Å²) >= 11 is 0. The maximum atomic E-state index is 14.3. The minimum atomic E-state index is -1.79. The number of carbonyl (C=O) groups excluding carboxylic acids is 3. The number of hydrogen-bond acceptors (Lipinski definition) is 9. The number of aliphatic hydroxyl groups is 3. The Morgan fingerprint density at radius 3 is 2.34 bits per heavy atom. The van der Waals surface area contributed by atoms with Gasteiger partial charge in [0.2, 0.25) is 0 Å². The molecule has 9 nitrogen and oxygen atoms in total. The van der Waals surface area contributed by atoms with Crippen LogP contribution in [0.1, 0.15) is 64.2 Å². The first-order chi connectivity index (χ1) is 17.7. The number of ether oxygens (including phenoxy) is 3. The van der Waals surface area contributed by atoms with Crippen molar-refractivity contribution >= 4 is 17.7 Å². The zero-order chi connectivity index (χ0) is 27.8. The Kier molecular flexibility index (Phi) is 6.19. The summed E-state index contributed by atoms with van der Waals surface area (Å²) in [6, 6.07) is 8.28. The first-order valence-electron chi connectivity index (χ1n) is 13.1. The van der Waals surface area contributed by atoms with E-state index in [2.05, 4.69) is 0 Å². The smallest absolute Gasteiger partial charge is 0.338 e. The average molecular weight is 529 g/mol. The fourth-order valence-corrected chi connectivity index (χ4v) is 7.69. The molecule has 3 fully saturated rings. The zero-order valence-corrected chi connectivity index (χ0v) is 22.4. The van der Waals surface area contributed by atoms with E-state index in [0.717, 1.165) is 5.57 Å². The van der Waals surface area contributed by atoms with Crippen LogP contribution in [0, 0.1) is 16.7 Å². The van der Waals surface area contributed by atoms with E-state index in [1.807, 2.05) is 6.92 Å². The first-order valence-corrected chi connectivity index (χ1v) is 13.1. The summed E-state index contributed by atoms with van der Waals surface area (Å²) in [6.07, 6.45) is -4.63. The number of aliphatic hydroxyl groups excluding tert-OH is 2. The maximum absolute atomic E-state index is 14.3. The van der Waals surface area contributed by atoms with E-state index in [1.165, 1.54) is 13.8 Å². The largest absolute Gasteiger partial charge is 0.455 e. The Morgan fingerprint density at radius 2 is 1.76 bits per heavy atom. The van der Waals surface area contributed by atoms with Crippen LogP contribution in [0.4, 0.5) is 0 Å². The van der Waals surface area contributed by atoms with Crippen molar-refractivity contribution in [3.63, 3.8) is 0 Å². The number of benzene rings is 1. The van der Waals surface area contributed by atoms with Gasteiger partial charge in [-0.25, -0.2) is 4.79 Å². The van der Waals surface area contributed by atoms with Gasteiger partial charge in [0.05, 0.1) is 29.6 Å². The van der Waals surface area contributed by atoms with E-state index in [4.69, 9.17) is 14.2 Å². The van der Waals surface area contributed by atoms with Crippen LogP contribution in [-0.2, 0) is 23.8 Å². The molecular formula is C29H36O9. The van der Waals surface area contributed by atoms with Gasteiger partial charge < -0.3 is 29.5 Å². The summed E-state index contributed by atoms with van der Waals surface area (Å²) in [5.74, 6) is -3.23. The predicted octanol–water partition coefficient (Wildman–Crippen LogP) is 2.11. The Hall–Kier alpha value is -2.59. The lowest BCUT2D eigenvalue weighted by molar-refractivity contribution is -0.345. The molecule has 0 aromatic heterocycles. The van der Waals surface area contributed by atoms with Crippen molar-refractivity contribution in [2.45, 2.75) is 89.5 Å². The van der Waals surface area contributed by atoms with Crippen molar-refractivity contribution in [2.24, 2.45) is 16.7 Å². The van der Waals surface area contributed by atoms with Gasteiger partial charge in [-0.15, -0.1) is 0 Å².